The molecule has 3 aliphatic rings. The molecule has 3 aliphatic heterocycles. The predicted octanol–water partition coefficient (Wildman–Crippen LogP) is 0.856. The number of benzene rings is 1. The SMILES string of the molecule is O=C(Cc1ccc(OCCCC2CCN(c3ncc(Cl)cn3)CC2)cc1F)N1C[C@H]2CCN(C[C@H](O)[C@@H](O)[C@H](O)[C@H](O)CO)[C@H]2C1. The summed E-state index contributed by atoms with van der Waals surface area (Å²) in [5.41, 5.74) is 0.303. The number of ether oxygens (including phenoxy) is 1. The smallest absolute Gasteiger partial charge is 0.227 e. The van der Waals surface area contributed by atoms with Gasteiger partial charge >= 0.3 is 0 Å². The van der Waals surface area contributed by atoms with Crippen molar-refractivity contribution in [3.05, 3.63) is 47.0 Å². The van der Waals surface area contributed by atoms with Crippen LogP contribution < -0.4 is 9.64 Å². The Hall–Kier alpha value is -2.65. The van der Waals surface area contributed by atoms with Gasteiger partial charge < -0.3 is 40.1 Å². The van der Waals surface area contributed by atoms with Crippen LogP contribution >= 0.6 is 11.6 Å². The fraction of sp³-hybridized carbons (Fsp3) is 0.656. The van der Waals surface area contributed by atoms with E-state index < -0.39 is 36.8 Å². The van der Waals surface area contributed by atoms with Gasteiger partial charge in [0.1, 0.15) is 29.9 Å². The second-order valence-corrected chi connectivity index (χ2v) is 13.2. The molecule has 6 atom stereocenters. The highest BCUT2D eigenvalue weighted by atomic mass is 35.5. The quantitative estimate of drug-likeness (QED) is 0.182. The van der Waals surface area contributed by atoms with E-state index >= 15 is 0 Å². The minimum absolute atomic E-state index is 0.0311. The monoisotopic (exact) mass is 665 g/mol. The molecule has 3 fully saturated rings. The molecular weight excluding hydrogens is 621 g/mol. The van der Waals surface area contributed by atoms with Crippen molar-refractivity contribution >= 4 is 23.5 Å². The maximum Gasteiger partial charge on any atom is 0.227 e. The third kappa shape index (κ3) is 8.62. The lowest BCUT2D eigenvalue weighted by Crippen LogP contribution is -2.51. The first kappa shape index (κ1) is 34.7. The van der Waals surface area contributed by atoms with Gasteiger partial charge in [0.2, 0.25) is 11.9 Å². The number of likely N-dealkylation sites (tertiary alicyclic amines) is 2. The molecule has 2 aromatic rings. The average Bonchev–Trinajstić information content (AvgIpc) is 3.66. The second kappa shape index (κ2) is 16.0. The van der Waals surface area contributed by atoms with Gasteiger partial charge in [0.05, 0.1) is 43.2 Å². The molecule has 3 saturated heterocycles. The number of β-amino-alcohol motifs (C(OH)–C–C–N with tert-alkyl or cyclic N) is 1. The number of piperidine rings is 1. The van der Waals surface area contributed by atoms with E-state index in [-0.39, 0.29) is 30.8 Å². The number of nitrogens with zero attached hydrogens (tertiary/aromatic N) is 5. The molecule has 14 heteroatoms. The predicted molar refractivity (Wildman–Crippen MR) is 168 cm³/mol. The molecule has 0 spiro atoms. The summed E-state index contributed by atoms with van der Waals surface area (Å²) in [5, 5.41) is 49.6. The van der Waals surface area contributed by atoms with Gasteiger partial charge in [0, 0.05) is 44.8 Å². The minimum Gasteiger partial charge on any atom is -0.493 e. The number of rotatable bonds is 14. The van der Waals surface area contributed by atoms with Gasteiger partial charge in [-0.05, 0) is 62.1 Å². The number of fused-ring (bicyclic) bond motifs is 1. The summed E-state index contributed by atoms with van der Waals surface area (Å²) in [6.07, 6.45) is 1.72. The van der Waals surface area contributed by atoms with Crippen LogP contribution in [0.25, 0.3) is 0 Å². The Kier molecular flexibility index (Phi) is 12.0. The number of aliphatic hydroxyl groups is 5. The topological polar surface area (TPSA) is 163 Å². The highest BCUT2D eigenvalue weighted by Crippen LogP contribution is 2.32. The highest BCUT2D eigenvalue weighted by Gasteiger charge is 2.44. The Balaban J connectivity index is 1.02. The minimum atomic E-state index is -1.68. The largest absolute Gasteiger partial charge is 0.493 e. The van der Waals surface area contributed by atoms with Crippen LogP contribution in [0.4, 0.5) is 10.3 Å². The molecule has 5 N–H and O–H groups in total. The molecule has 0 saturated carbocycles. The molecule has 1 aromatic carbocycles. The van der Waals surface area contributed by atoms with Crippen LogP contribution in [-0.4, -0.2) is 134 Å². The third-order valence-corrected chi connectivity index (χ3v) is 9.85. The van der Waals surface area contributed by atoms with E-state index in [0.717, 1.165) is 45.2 Å². The summed E-state index contributed by atoms with van der Waals surface area (Å²) in [6.45, 7) is 3.20. The zero-order valence-electron chi connectivity index (χ0n) is 25.9. The number of anilines is 1. The number of amides is 1. The van der Waals surface area contributed by atoms with Crippen molar-refractivity contribution in [2.75, 3.05) is 57.4 Å². The first-order chi connectivity index (χ1) is 22.1. The lowest BCUT2D eigenvalue weighted by molar-refractivity contribution is -0.130. The van der Waals surface area contributed by atoms with Gasteiger partial charge in [-0.25, -0.2) is 14.4 Å². The molecule has 46 heavy (non-hydrogen) atoms. The summed E-state index contributed by atoms with van der Waals surface area (Å²) in [7, 11) is 0. The van der Waals surface area contributed by atoms with Crippen molar-refractivity contribution in [2.24, 2.45) is 11.8 Å². The molecule has 0 unspecified atom stereocenters. The van der Waals surface area contributed by atoms with E-state index in [0.29, 0.717) is 54.4 Å². The van der Waals surface area contributed by atoms with Crippen LogP contribution in [0.1, 0.15) is 37.7 Å². The Morgan fingerprint density at radius 1 is 1.02 bits per heavy atom. The van der Waals surface area contributed by atoms with Crippen LogP contribution in [-0.2, 0) is 11.2 Å². The van der Waals surface area contributed by atoms with Gasteiger partial charge in [-0.1, -0.05) is 17.7 Å². The molecule has 254 valence electrons. The van der Waals surface area contributed by atoms with Crippen molar-refractivity contribution < 1.29 is 39.5 Å². The van der Waals surface area contributed by atoms with Crippen LogP contribution in [0, 0.1) is 17.7 Å². The molecule has 4 heterocycles. The number of halogens is 2. The normalized spacial score (nSPS) is 23.3. The van der Waals surface area contributed by atoms with Crippen LogP contribution in [0.5, 0.6) is 5.75 Å². The zero-order chi connectivity index (χ0) is 32.8. The van der Waals surface area contributed by atoms with Gasteiger partial charge in [-0.3, -0.25) is 9.69 Å². The maximum absolute atomic E-state index is 15.0. The van der Waals surface area contributed by atoms with E-state index in [9.17, 15) is 29.6 Å². The molecule has 1 amide bonds. The molecular formula is C32H45ClFN5O7. The maximum atomic E-state index is 15.0. The van der Waals surface area contributed by atoms with E-state index in [1.54, 1.807) is 29.4 Å². The first-order valence-corrected chi connectivity index (χ1v) is 16.5. The van der Waals surface area contributed by atoms with Crippen molar-refractivity contribution in [1.82, 2.24) is 19.8 Å². The Bertz CT molecular complexity index is 1290. The zero-order valence-corrected chi connectivity index (χ0v) is 26.6. The van der Waals surface area contributed by atoms with Crippen LogP contribution in [0.3, 0.4) is 0 Å². The van der Waals surface area contributed by atoms with Crippen molar-refractivity contribution in [1.29, 1.82) is 0 Å². The lowest BCUT2D eigenvalue weighted by atomic mass is 9.92. The highest BCUT2D eigenvalue weighted by molar-refractivity contribution is 6.30. The van der Waals surface area contributed by atoms with Crippen LogP contribution in [0.2, 0.25) is 5.02 Å². The van der Waals surface area contributed by atoms with Gasteiger partial charge in [0.25, 0.3) is 0 Å². The second-order valence-electron chi connectivity index (χ2n) is 12.8. The number of hydrogen-bond acceptors (Lipinski definition) is 11. The number of carbonyl (C=O) groups excluding carboxylic acids is 1. The fourth-order valence-corrected chi connectivity index (χ4v) is 6.98. The Morgan fingerprint density at radius 3 is 2.43 bits per heavy atom. The average molecular weight is 666 g/mol. The number of aliphatic hydroxyl groups excluding tert-OH is 5. The lowest BCUT2D eigenvalue weighted by Gasteiger charge is -2.31. The summed E-state index contributed by atoms with van der Waals surface area (Å²) in [6, 6.07) is 4.61. The molecule has 1 aromatic heterocycles. The van der Waals surface area contributed by atoms with E-state index in [1.807, 2.05) is 4.90 Å². The van der Waals surface area contributed by atoms with Crippen molar-refractivity contribution in [3.8, 4) is 5.75 Å². The first-order valence-electron chi connectivity index (χ1n) is 16.1. The molecule has 5 rings (SSSR count). The summed E-state index contributed by atoms with van der Waals surface area (Å²) >= 11 is 5.88. The van der Waals surface area contributed by atoms with E-state index in [4.69, 9.17) is 21.4 Å². The number of aromatic nitrogens is 2. The van der Waals surface area contributed by atoms with Gasteiger partial charge in [-0.15, -0.1) is 0 Å². The number of carbonyl (C=O) groups is 1. The summed E-state index contributed by atoms with van der Waals surface area (Å²) < 4.78 is 20.8. The molecule has 0 bridgehead atoms. The fourth-order valence-electron chi connectivity index (χ4n) is 6.88. The number of hydrogen-bond donors (Lipinski definition) is 5. The summed E-state index contributed by atoms with van der Waals surface area (Å²) in [4.78, 5) is 27.6. The molecule has 12 nitrogen and oxygen atoms in total. The molecule has 0 radical (unpaired) electrons. The van der Waals surface area contributed by atoms with Gasteiger partial charge in [-0.2, -0.15) is 0 Å². The Morgan fingerprint density at radius 2 is 1.74 bits per heavy atom. The standard InChI is InChI=1S/C32H45ClFN5O7/c33-23-14-35-32(36-15-23)37-8-5-20(6-9-37)2-1-11-46-24-4-3-21(25(34)13-24)12-29(43)39-16-22-7-10-38(26(22)17-39)18-27(41)30(44)31(45)28(42)19-40/h3-4,13-15,20,22,26-28,30-31,40-42,44-45H,1-2,5-12,16-19H2/t22-,26+,27+,28-,30-,31-/m1/s1. The van der Waals surface area contributed by atoms with Crippen LogP contribution in [0.15, 0.2) is 30.6 Å². The van der Waals surface area contributed by atoms with E-state index in [1.165, 1.54) is 6.07 Å². The van der Waals surface area contributed by atoms with Crippen molar-refractivity contribution in [3.63, 3.8) is 0 Å². The van der Waals surface area contributed by atoms with E-state index in [2.05, 4.69) is 14.9 Å². The van der Waals surface area contributed by atoms with Crippen molar-refractivity contribution in [2.45, 2.75) is 69.0 Å². The molecule has 0 aliphatic carbocycles. The van der Waals surface area contributed by atoms with Gasteiger partial charge in [0.15, 0.2) is 0 Å². The third-order valence-electron chi connectivity index (χ3n) is 9.66. The summed E-state index contributed by atoms with van der Waals surface area (Å²) in [5.74, 6) is 1.25. The Labute approximate surface area is 273 Å².